The number of aliphatic imine (C=N–C) groups is 1. The third-order valence-corrected chi connectivity index (χ3v) is 4.23. The molecule has 2 N–H and O–H groups in total. The Kier molecular flexibility index (Phi) is 5.01. The number of anilines is 1. The van der Waals surface area contributed by atoms with Crippen molar-refractivity contribution in [2.75, 3.05) is 5.32 Å². The molecule has 7 heteroatoms. The van der Waals surface area contributed by atoms with E-state index in [0.717, 1.165) is 11.1 Å². The molecule has 0 bridgehead atoms. The summed E-state index contributed by atoms with van der Waals surface area (Å²) < 4.78 is 26.9. The van der Waals surface area contributed by atoms with E-state index in [1.807, 2.05) is 6.92 Å². The van der Waals surface area contributed by atoms with Crippen molar-refractivity contribution in [2.45, 2.75) is 19.7 Å². The van der Waals surface area contributed by atoms with Gasteiger partial charge in [0.15, 0.2) is 5.83 Å². The maximum absolute atomic E-state index is 13.8. The van der Waals surface area contributed by atoms with Gasteiger partial charge in [-0.1, -0.05) is 29.8 Å². The lowest BCUT2D eigenvalue weighted by Gasteiger charge is -2.28. The SMILES string of the molecule is Cc1c(Cl)cccc1NC1=NC(O)C(F)=CN1Cc1ccc(F)cc1. The van der Waals surface area contributed by atoms with Crippen molar-refractivity contribution < 1.29 is 13.9 Å². The number of nitrogens with one attached hydrogen (secondary N) is 1. The second-order valence-electron chi connectivity index (χ2n) is 5.63. The van der Waals surface area contributed by atoms with E-state index < -0.39 is 12.1 Å². The molecule has 0 fully saturated rings. The van der Waals surface area contributed by atoms with Gasteiger partial charge in [-0.25, -0.2) is 13.8 Å². The lowest BCUT2D eigenvalue weighted by Crippen LogP contribution is -2.37. The molecule has 0 spiro atoms. The van der Waals surface area contributed by atoms with Crippen LogP contribution >= 0.6 is 11.6 Å². The van der Waals surface area contributed by atoms with E-state index in [1.54, 1.807) is 30.3 Å². The van der Waals surface area contributed by atoms with Gasteiger partial charge < -0.3 is 15.3 Å². The quantitative estimate of drug-likeness (QED) is 0.859. The first-order valence-electron chi connectivity index (χ1n) is 7.60. The Morgan fingerprint density at radius 3 is 2.64 bits per heavy atom. The number of halogens is 3. The van der Waals surface area contributed by atoms with Crippen LogP contribution in [-0.4, -0.2) is 22.2 Å². The van der Waals surface area contributed by atoms with Gasteiger partial charge in [-0.3, -0.25) is 0 Å². The van der Waals surface area contributed by atoms with Crippen LogP contribution in [0.25, 0.3) is 0 Å². The molecule has 0 saturated heterocycles. The molecule has 0 saturated carbocycles. The van der Waals surface area contributed by atoms with E-state index in [4.69, 9.17) is 11.6 Å². The van der Waals surface area contributed by atoms with E-state index in [0.29, 0.717) is 10.7 Å². The van der Waals surface area contributed by atoms with Gasteiger partial charge in [0.1, 0.15) is 5.82 Å². The summed E-state index contributed by atoms with van der Waals surface area (Å²) >= 11 is 6.11. The Bertz CT molecular complexity index is 837. The highest BCUT2D eigenvalue weighted by molar-refractivity contribution is 6.31. The summed E-state index contributed by atoms with van der Waals surface area (Å²) in [4.78, 5) is 5.46. The van der Waals surface area contributed by atoms with Crippen LogP contribution in [0.4, 0.5) is 14.5 Å². The Hall–Kier alpha value is -2.44. The third-order valence-electron chi connectivity index (χ3n) is 3.82. The van der Waals surface area contributed by atoms with Gasteiger partial charge in [-0.05, 0) is 42.3 Å². The zero-order valence-electron chi connectivity index (χ0n) is 13.4. The van der Waals surface area contributed by atoms with Crippen LogP contribution < -0.4 is 5.32 Å². The molecule has 1 heterocycles. The fourth-order valence-electron chi connectivity index (χ4n) is 2.40. The van der Waals surface area contributed by atoms with Crippen LogP contribution in [0.1, 0.15) is 11.1 Å². The number of aliphatic hydroxyl groups is 1. The molecule has 0 amide bonds. The van der Waals surface area contributed by atoms with Crippen molar-refractivity contribution in [3.8, 4) is 0 Å². The summed E-state index contributed by atoms with van der Waals surface area (Å²) in [6.07, 6.45) is -0.394. The van der Waals surface area contributed by atoms with E-state index in [2.05, 4.69) is 10.3 Å². The van der Waals surface area contributed by atoms with Crippen LogP contribution in [0.2, 0.25) is 5.02 Å². The molecule has 4 nitrogen and oxygen atoms in total. The fourth-order valence-corrected chi connectivity index (χ4v) is 2.58. The molecular weight excluding hydrogens is 348 g/mol. The number of nitrogens with zero attached hydrogens (tertiary/aromatic N) is 2. The largest absolute Gasteiger partial charge is 0.366 e. The summed E-state index contributed by atoms with van der Waals surface area (Å²) in [5, 5.41) is 13.3. The van der Waals surface area contributed by atoms with Crippen LogP contribution in [0.15, 0.2) is 59.5 Å². The smallest absolute Gasteiger partial charge is 0.205 e. The maximum Gasteiger partial charge on any atom is 0.205 e. The summed E-state index contributed by atoms with van der Waals surface area (Å²) in [5.41, 5.74) is 2.26. The van der Waals surface area contributed by atoms with Crippen LogP contribution in [0.5, 0.6) is 0 Å². The van der Waals surface area contributed by atoms with E-state index >= 15 is 0 Å². The monoisotopic (exact) mass is 363 g/mol. The number of aliphatic hydroxyl groups excluding tert-OH is 1. The molecular formula is C18H16ClF2N3O. The molecule has 2 aromatic carbocycles. The zero-order valence-corrected chi connectivity index (χ0v) is 14.1. The van der Waals surface area contributed by atoms with Crippen molar-refractivity contribution in [2.24, 2.45) is 4.99 Å². The first-order chi connectivity index (χ1) is 11.9. The Morgan fingerprint density at radius 2 is 1.92 bits per heavy atom. The van der Waals surface area contributed by atoms with Crippen molar-refractivity contribution >= 4 is 23.2 Å². The molecule has 130 valence electrons. The van der Waals surface area contributed by atoms with E-state index in [-0.39, 0.29) is 18.3 Å². The average Bonchev–Trinajstić information content (AvgIpc) is 2.58. The lowest BCUT2D eigenvalue weighted by molar-refractivity contribution is 0.181. The lowest BCUT2D eigenvalue weighted by atomic mass is 10.2. The van der Waals surface area contributed by atoms with Gasteiger partial charge in [0.25, 0.3) is 0 Å². The molecule has 0 aliphatic carbocycles. The van der Waals surface area contributed by atoms with Gasteiger partial charge in [0.05, 0.1) is 6.54 Å². The predicted molar refractivity (Wildman–Crippen MR) is 94.4 cm³/mol. The normalized spacial score (nSPS) is 17.2. The first-order valence-corrected chi connectivity index (χ1v) is 7.98. The maximum atomic E-state index is 13.8. The number of rotatable bonds is 3. The standard InChI is InChI=1S/C18H16ClF2N3O/c1-11-14(19)3-2-4-16(11)22-18-23-17(25)15(21)10-24(18)9-12-5-7-13(20)8-6-12/h2-8,10,17,25H,9H2,1H3,(H,22,23). The van der Waals surface area contributed by atoms with Crippen molar-refractivity contribution in [3.05, 3.63) is 76.5 Å². The molecule has 25 heavy (non-hydrogen) atoms. The molecule has 1 aliphatic heterocycles. The second-order valence-corrected chi connectivity index (χ2v) is 6.04. The van der Waals surface area contributed by atoms with Crippen molar-refractivity contribution in [1.82, 2.24) is 4.90 Å². The number of hydrogen-bond donors (Lipinski definition) is 2. The first kappa shape index (κ1) is 17.4. The summed E-state index contributed by atoms with van der Waals surface area (Å²) in [7, 11) is 0. The highest BCUT2D eigenvalue weighted by Crippen LogP contribution is 2.25. The van der Waals surface area contributed by atoms with Gasteiger partial charge in [0, 0.05) is 16.9 Å². The van der Waals surface area contributed by atoms with E-state index in [1.165, 1.54) is 23.2 Å². The molecule has 1 unspecified atom stereocenters. The van der Waals surface area contributed by atoms with Gasteiger partial charge in [0.2, 0.25) is 12.2 Å². The minimum Gasteiger partial charge on any atom is -0.366 e. The number of benzene rings is 2. The third kappa shape index (κ3) is 3.97. The Labute approximate surface area is 149 Å². The van der Waals surface area contributed by atoms with E-state index in [9.17, 15) is 13.9 Å². The predicted octanol–water partition coefficient (Wildman–Crippen LogP) is 4.20. The molecule has 2 aromatic rings. The molecule has 0 radical (unpaired) electrons. The van der Waals surface area contributed by atoms with Crippen LogP contribution in [0.3, 0.4) is 0 Å². The molecule has 1 aliphatic rings. The average molecular weight is 364 g/mol. The topological polar surface area (TPSA) is 47.9 Å². The second kappa shape index (κ2) is 7.21. The molecule has 0 aromatic heterocycles. The number of hydrogen-bond acceptors (Lipinski definition) is 4. The Morgan fingerprint density at radius 1 is 1.20 bits per heavy atom. The van der Waals surface area contributed by atoms with Crippen LogP contribution in [0, 0.1) is 12.7 Å². The van der Waals surface area contributed by atoms with Gasteiger partial charge in [-0.2, -0.15) is 0 Å². The van der Waals surface area contributed by atoms with Crippen molar-refractivity contribution in [3.63, 3.8) is 0 Å². The van der Waals surface area contributed by atoms with Crippen LogP contribution in [-0.2, 0) is 6.54 Å². The zero-order chi connectivity index (χ0) is 18.0. The molecule has 3 rings (SSSR count). The highest BCUT2D eigenvalue weighted by Gasteiger charge is 2.23. The Balaban J connectivity index is 1.87. The molecule has 1 atom stereocenters. The highest BCUT2D eigenvalue weighted by atomic mass is 35.5. The number of guanidine groups is 1. The van der Waals surface area contributed by atoms with Gasteiger partial charge >= 0.3 is 0 Å². The summed E-state index contributed by atoms with van der Waals surface area (Å²) in [6.45, 7) is 2.09. The minimum atomic E-state index is -1.56. The fraction of sp³-hybridized carbons (Fsp3) is 0.167. The summed E-state index contributed by atoms with van der Waals surface area (Å²) in [6, 6.07) is 11.2. The summed E-state index contributed by atoms with van der Waals surface area (Å²) in [5.74, 6) is -0.847. The minimum absolute atomic E-state index is 0.256. The van der Waals surface area contributed by atoms with Crippen molar-refractivity contribution in [1.29, 1.82) is 0 Å². The van der Waals surface area contributed by atoms with Gasteiger partial charge in [-0.15, -0.1) is 0 Å².